The molecule has 5 nitrogen and oxygen atoms in total. The molecule has 1 heterocycles. The van der Waals surface area contributed by atoms with Crippen molar-refractivity contribution in [3.8, 4) is 5.75 Å². The third kappa shape index (κ3) is 6.08. The monoisotopic (exact) mass is 368 g/mol. The average Bonchev–Trinajstić information content (AvgIpc) is 3.19. The lowest BCUT2D eigenvalue weighted by Gasteiger charge is -2.12. The van der Waals surface area contributed by atoms with Gasteiger partial charge in [0.15, 0.2) is 0 Å². The Morgan fingerprint density at radius 1 is 1.19 bits per heavy atom. The highest BCUT2D eigenvalue weighted by Crippen LogP contribution is 2.17. The van der Waals surface area contributed by atoms with E-state index in [2.05, 4.69) is 34.5 Å². The van der Waals surface area contributed by atoms with Crippen molar-refractivity contribution in [3.05, 3.63) is 65.2 Å². The van der Waals surface area contributed by atoms with Gasteiger partial charge in [-0.2, -0.15) is 0 Å². The standard InChI is InChI=1S/C22H28N2O3/c1-24(2)15-18-10-8-17(9-11-18)14-23-22(25)19-5-3-6-20(13-19)27-16-21-7-4-12-26-21/h3,5-6,8-11,13,21H,4,7,12,14-16H2,1-2H3,(H,23,25). The number of ether oxygens (including phenoxy) is 2. The molecule has 1 N–H and O–H groups in total. The molecular weight excluding hydrogens is 340 g/mol. The Balaban J connectivity index is 1.50. The van der Waals surface area contributed by atoms with E-state index in [-0.39, 0.29) is 12.0 Å². The molecule has 0 saturated carbocycles. The van der Waals surface area contributed by atoms with Crippen LogP contribution in [0.25, 0.3) is 0 Å². The molecule has 0 radical (unpaired) electrons. The van der Waals surface area contributed by atoms with Crippen molar-refractivity contribution in [2.24, 2.45) is 0 Å². The van der Waals surface area contributed by atoms with Gasteiger partial charge < -0.3 is 19.7 Å². The molecule has 27 heavy (non-hydrogen) atoms. The molecule has 3 rings (SSSR count). The highest BCUT2D eigenvalue weighted by atomic mass is 16.5. The fourth-order valence-electron chi connectivity index (χ4n) is 3.10. The van der Waals surface area contributed by atoms with Gasteiger partial charge in [-0.1, -0.05) is 30.3 Å². The zero-order valence-corrected chi connectivity index (χ0v) is 16.1. The quantitative estimate of drug-likeness (QED) is 0.777. The summed E-state index contributed by atoms with van der Waals surface area (Å²) in [7, 11) is 4.10. The summed E-state index contributed by atoms with van der Waals surface area (Å²) in [6.45, 7) is 2.75. The molecule has 0 spiro atoms. The van der Waals surface area contributed by atoms with Crippen LogP contribution in [0.15, 0.2) is 48.5 Å². The van der Waals surface area contributed by atoms with E-state index in [1.54, 1.807) is 12.1 Å². The van der Waals surface area contributed by atoms with Crippen LogP contribution in [0.3, 0.4) is 0 Å². The molecule has 2 aromatic carbocycles. The van der Waals surface area contributed by atoms with Gasteiger partial charge in [0.1, 0.15) is 12.4 Å². The minimum Gasteiger partial charge on any atom is -0.491 e. The molecule has 1 aliphatic heterocycles. The lowest BCUT2D eigenvalue weighted by Crippen LogP contribution is -2.23. The van der Waals surface area contributed by atoms with E-state index < -0.39 is 0 Å². The van der Waals surface area contributed by atoms with Crippen LogP contribution in [-0.2, 0) is 17.8 Å². The summed E-state index contributed by atoms with van der Waals surface area (Å²) in [6, 6.07) is 15.6. The van der Waals surface area contributed by atoms with Crippen LogP contribution in [0, 0.1) is 0 Å². The van der Waals surface area contributed by atoms with E-state index in [0.717, 1.165) is 31.6 Å². The van der Waals surface area contributed by atoms with E-state index in [4.69, 9.17) is 9.47 Å². The lowest BCUT2D eigenvalue weighted by molar-refractivity contribution is 0.0679. The minimum atomic E-state index is -0.102. The van der Waals surface area contributed by atoms with Crippen LogP contribution < -0.4 is 10.1 Å². The van der Waals surface area contributed by atoms with Crippen LogP contribution in [0.2, 0.25) is 0 Å². The second-order valence-electron chi connectivity index (χ2n) is 7.21. The number of hydrogen-bond acceptors (Lipinski definition) is 4. The Morgan fingerprint density at radius 3 is 2.67 bits per heavy atom. The van der Waals surface area contributed by atoms with Gasteiger partial charge in [-0.25, -0.2) is 0 Å². The van der Waals surface area contributed by atoms with Crippen molar-refractivity contribution in [1.29, 1.82) is 0 Å². The second kappa shape index (κ2) is 9.53. The molecule has 2 aromatic rings. The summed E-state index contributed by atoms with van der Waals surface area (Å²) in [5.41, 5.74) is 2.94. The van der Waals surface area contributed by atoms with E-state index in [9.17, 15) is 4.79 Å². The molecular formula is C22H28N2O3. The maximum absolute atomic E-state index is 12.4. The largest absolute Gasteiger partial charge is 0.491 e. The van der Waals surface area contributed by atoms with Gasteiger partial charge in [-0.15, -0.1) is 0 Å². The molecule has 1 unspecified atom stereocenters. The second-order valence-corrected chi connectivity index (χ2v) is 7.21. The van der Waals surface area contributed by atoms with Crippen molar-refractivity contribution in [1.82, 2.24) is 10.2 Å². The third-order valence-electron chi connectivity index (χ3n) is 4.53. The number of benzene rings is 2. The number of nitrogens with one attached hydrogen (secondary N) is 1. The SMILES string of the molecule is CN(C)Cc1ccc(CNC(=O)c2cccc(OCC3CCCO3)c2)cc1. The van der Waals surface area contributed by atoms with Crippen LogP contribution in [-0.4, -0.2) is 44.2 Å². The van der Waals surface area contributed by atoms with Crippen molar-refractivity contribution in [2.45, 2.75) is 32.0 Å². The Bertz CT molecular complexity index is 737. The molecule has 0 bridgehead atoms. The van der Waals surface area contributed by atoms with Crippen molar-refractivity contribution in [2.75, 3.05) is 27.3 Å². The maximum Gasteiger partial charge on any atom is 0.251 e. The topological polar surface area (TPSA) is 50.8 Å². The van der Waals surface area contributed by atoms with Gasteiger partial charge in [0, 0.05) is 25.3 Å². The summed E-state index contributed by atoms with van der Waals surface area (Å²) < 4.78 is 11.3. The van der Waals surface area contributed by atoms with Gasteiger partial charge in [0.25, 0.3) is 5.91 Å². The molecule has 144 valence electrons. The maximum atomic E-state index is 12.4. The van der Waals surface area contributed by atoms with Gasteiger partial charge >= 0.3 is 0 Å². The number of nitrogens with zero attached hydrogens (tertiary/aromatic N) is 1. The number of rotatable bonds is 8. The van der Waals surface area contributed by atoms with Crippen molar-refractivity contribution >= 4 is 5.91 Å². The molecule has 1 atom stereocenters. The predicted octanol–water partition coefficient (Wildman–Crippen LogP) is 3.24. The van der Waals surface area contributed by atoms with Gasteiger partial charge in [-0.05, 0) is 56.3 Å². The highest BCUT2D eigenvalue weighted by molar-refractivity contribution is 5.94. The lowest BCUT2D eigenvalue weighted by atomic mass is 10.1. The Labute approximate surface area is 161 Å². The number of carbonyl (C=O) groups excluding carboxylic acids is 1. The first-order chi connectivity index (χ1) is 13.1. The Hall–Kier alpha value is -2.37. The van der Waals surface area contributed by atoms with Crippen LogP contribution >= 0.6 is 0 Å². The molecule has 1 aliphatic rings. The van der Waals surface area contributed by atoms with E-state index >= 15 is 0 Å². The van der Waals surface area contributed by atoms with Crippen LogP contribution in [0.4, 0.5) is 0 Å². The van der Waals surface area contributed by atoms with Crippen molar-refractivity contribution < 1.29 is 14.3 Å². The van der Waals surface area contributed by atoms with E-state index in [1.807, 2.05) is 26.2 Å². The highest BCUT2D eigenvalue weighted by Gasteiger charge is 2.16. The molecule has 1 saturated heterocycles. The fourth-order valence-corrected chi connectivity index (χ4v) is 3.10. The minimum absolute atomic E-state index is 0.102. The van der Waals surface area contributed by atoms with Crippen LogP contribution in [0.1, 0.15) is 34.3 Å². The summed E-state index contributed by atoms with van der Waals surface area (Å²) in [5, 5.41) is 2.97. The first-order valence-electron chi connectivity index (χ1n) is 9.45. The number of amides is 1. The predicted molar refractivity (Wildman–Crippen MR) is 106 cm³/mol. The molecule has 1 fully saturated rings. The number of carbonyl (C=O) groups is 1. The zero-order valence-electron chi connectivity index (χ0n) is 16.1. The van der Waals surface area contributed by atoms with Crippen molar-refractivity contribution in [3.63, 3.8) is 0 Å². The number of hydrogen-bond donors (Lipinski definition) is 1. The normalized spacial score (nSPS) is 16.5. The third-order valence-corrected chi connectivity index (χ3v) is 4.53. The molecule has 0 aliphatic carbocycles. The molecule has 0 aromatic heterocycles. The summed E-state index contributed by atoms with van der Waals surface area (Å²) in [5.74, 6) is 0.598. The summed E-state index contributed by atoms with van der Waals surface area (Å²) in [6.07, 6.45) is 2.29. The smallest absolute Gasteiger partial charge is 0.251 e. The van der Waals surface area contributed by atoms with E-state index in [1.165, 1.54) is 5.56 Å². The van der Waals surface area contributed by atoms with Gasteiger partial charge in [-0.3, -0.25) is 4.79 Å². The first-order valence-corrected chi connectivity index (χ1v) is 9.45. The zero-order chi connectivity index (χ0) is 19.1. The Kier molecular flexibility index (Phi) is 6.85. The summed E-state index contributed by atoms with van der Waals surface area (Å²) in [4.78, 5) is 14.6. The first kappa shape index (κ1) is 19.4. The van der Waals surface area contributed by atoms with Gasteiger partial charge in [0.05, 0.1) is 6.10 Å². The summed E-state index contributed by atoms with van der Waals surface area (Å²) >= 11 is 0. The molecule has 5 heteroatoms. The van der Waals surface area contributed by atoms with Gasteiger partial charge in [0.2, 0.25) is 0 Å². The Morgan fingerprint density at radius 2 is 1.96 bits per heavy atom. The molecule has 1 amide bonds. The fraction of sp³-hybridized carbons (Fsp3) is 0.409. The van der Waals surface area contributed by atoms with E-state index in [0.29, 0.717) is 24.5 Å². The average molecular weight is 368 g/mol. The van der Waals surface area contributed by atoms with Crippen LogP contribution in [0.5, 0.6) is 5.75 Å².